The number of anilines is 2. The molecule has 1 aromatic heterocycles. The highest BCUT2D eigenvalue weighted by molar-refractivity contribution is 7.17. The van der Waals surface area contributed by atoms with Gasteiger partial charge in [0.1, 0.15) is 4.88 Å². The molecule has 7 heteroatoms. The summed E-state index contributed by atoms with van der Waals surface area (Å²) in [6.07, 6.45) is 1.61. The smallest absolute Gasteiger partial charge is 0.267 e. The maximum atomic E-state index is 12.2. The zero-order chi connectivity index (χ0) is 15.9. The Hall–Kier alpha value is -1.96. The summed E-state index contributed by atoms with van der Waals surface area (Å²) in [5.74, 6) is -0.130. The van der Waals surface area contributed by atoms with E-state index < -0.39 is 0 Å². The number of benzene rings is 1. The lowest BCUT2D eigenvalue weighted by Crippen LogP contribution is -2.38. The molecule has 1 aromatic carbocycles. The number of hydrogen-bond donors (Lipinski definition) is 2. The second kappa shape index (κ2) is 8.05. The Bertz CT molecular complexity index is 626. The number of aromatic nitrogens is 1. The van der Waals surface area contributed by atoms with Gasteiger partial charge in [-0.05, 0) is 12.1 Å². The summed E-state index contributed by atoms with van der Waals surface area (Å²) in [6.45, 7) is 5.33. The average molecular weight is 332 g/mol. The average Bonchev–Trinajstić information content (AvgIpc) is 3.06. The largest absolute Gasteiger partial charge is 0.379 e. The second-order valence-corrected chi connectivity index (χ2v) is 6.26. The van der Waals surface area contributed by atoms with Crippen molar-refractivity contribution in [2.45, 2.75) is 0 Å². The molecule has 122 valence electrons. The molecule has 0 unspecified atom stereocenters. The molecule has 1 aliphatic heterocycles. The molecule has 0 spiro atoms. The highest BCUT2D eigenvalue weighted by Crippen LogP contribution is 2.19. The summed E-state index contributed by atoms with van der Waals surface area (Å²) in [4.78, 5) is 19.4. The number of morpholine rings is 1. The van der Waals surface area contributed by atoms with E-state index in [-0.39, 0.29) is 5.91 Å². The predicted octanol–water partition coefficient (Wildman–Crippen LogP) is 2.14. The maximum absolute atomic E-state index is 12.2. The van der Waals surface area contributed by atoms with Gasteiger partial charge in [-0.2, -0.15) is 0 Å². The molecule has 2 heterocycles. The van der Waals surface area contributed by atoms with Crippen LogP contribution in [0.1, 0.15) is 9.67 Å². The van der Waals surface area contributed by atoms with Crippen molar-refractivity contribution in [3.8, 4) is 0 Å². The fraction of sp³-hybridized carbons (Fsp3) is 0.375. The van der Waals surface area contributed by atoms with E-state index in [0.29, 0.717) is 4.88 Å². The van der Waals surface area contributed by atoms with E-state index in [4.69, 9.17) is 4.74 Å². The van der Waals surface area contributed by atoms with E-state index in [0.717, 1.165) is 50.2 Å². The zero-order valence-corrected chi connectivity index (χ0v) is 13.6. The Morgan fingerprint density at radius 3 is 2.83 bits per heavy atom. The molecule has 0 aliphatic carbocycles. The molecular weight excluding hydrogens is 312 g/mol. The molecule has 2 N–H and O–H groups in total. The molecular formula is C16H20N4O2S. The van der Waals surface area contributed by atoms with Gasteiger partial charge in [0.2, 0.25) is 0 Å². The van der Waals surface area contributed by atoms with Crippen LogP contribution < -0.4 is 10.6 Å². The van der Waals surface area contributed by atoms with Gasteiger partial charge in [0.25, 0.3) is 5.91 Å². The van der Waals surface area contributed by atoms with Gasteiger partial charge < -0.3 is 15.4 Å². The van der Waals surface area contributed by atoms with Crippen molar-refractivity contribution in [2.24, 2.45) is 0 Å². The number of amides is 1. The first-order chi connectivity index (χ1) is 11.3. The minimum Gasteiger partial charge on any atom is -0.379 e. The van der Waals surface area contributed by atoms with Crippen molar-refractivity contribution in [3.63, 3.8) is 0 Å². The van der Waals surface area contributed by atoms with Gasteiger partial charge in [-0.1, -0.05) is 29.5 Å². The summed E-state index contributed by atoms with van der Waals surface area (Å²) in [5, 5.41) is 6.91. The van der Waals surface area contributed by atoms with E-state index in [9.17, 15) is 4.79 Å². The third-order valence-electron chi connectivity index (χ3n) is 3.57. The first kappa shape index (κ1) is 15.9. The van der Waals surface area contributed by atoms with Crippen molar-refractivity contribution in [3.05, 3.63) is 41.4 Å². The van der Waals surface area contributed by atoms with Gasteiger partial charge in [0.05, 0.1) is 19.4 Å². The third-order valence-corrected chi connectivity index (χ3v) is 4.52. The van der Waals surface area contributed by atoms with Crippen molar-refractivity contribution in [1.82, 2.24) is 9.88 Å². The first-order valence-electron chi connectivity index (χ1n) is 7.67. The van der Waals surface area contributed by atoms with Crippen LogP contribution >= 0.6 is 11.3 Å². The molecule has 0 saturated carbocycles. The number of thiazole rings is 1. The number of nitrogens with one attached hydrogen (secondary N) is 2. The number of carbonyl (C=O) groups excluding carboxylic acids is 1. The maximum Gasteiger partial charge on any atom is 0.267 e. The van der Waals surface area contributed by atoms with Crippen molar-refractivity contribution in [2.75, 3.05) is 50.0 Å². The van der Waals surface area contributed by atoms with E-state index in [2.05, 4.69) is 20.5 Å². The van der Waals surface area contributed by atoms with Gasteiger partial charge in [-0.25, -0.2) is 4.98 Å². The van der Waals surface area contributed by atoms with E-state index in [1.54, 1.807) is 6.20 Å². The summed E-state index contributed by atoms with van der Waals surface area (Å²) in [7, 11) is 0. The van der Waals surface area contributed by atoms with Crippen LogP contribution in [0.5, 0.6) is 0 Å². The van der Waals surface area contributed by atoms with E-state index in [1.807, 2.05) is 30.3 Å². The molecule has 0 radical (unpaired) electrons. The molecule has 0 bridgehead atoms. The van der Waals surface area contributed by atoms with Crippen molar-refractivity contribution in [1.29, 1.82) is 0 Å². The summed E-state index contributed by atoms with van der Waals surface area (Å²) in [6, 6.07) is 9.42. The Balaban J connectivity index is 1.46. The van der Waals surface area contributed by atoms with Crippen molar-refractivity contribution < 1.29 is 9.53 Å². The van der Waals surface area contributed by atoms with Crippen LogP contribution in [0.2, 0.25) is 0 Å². The van der Waals surface area contributed by atoms with Crippen LogP contribution in [0.25, 0.3) is 0 Å². The lowest BCUT2D eigenvalue weighted by Gasteiger charge is -2.26. The highest BCUT2D eigenvalue weighted by atomic mass is 32.1. The quantitative estimate of drug-likeness (QED) is 0.848. The zero-order valence-electron chi connectivity index (χ0n) is 12.8. The molecule has 1 saturated heterocycles. The normalized spacial score (nSPS) is 15.3. The number of rotatable bonds is 6. The van der Waals surface area contributed by atoms with Crippen LogP contribution in [0.4, 0.5) is 10.8 Å². The summed E-state index contributed by atoms with van der Waals surface area (Å²) in [5.41, 5.74) is 0.785. The second-order valence-electron chi connectivity index (χ2n) is 5.23. The molecule has 6 nitrogen and oxygen atoms in total. The number of para-hydroxylation sites is 1. The first-order valence-corrected chi connectivity index (χ1v) is 8.49. The predicted molar refractivity (Wildman–Crippen MR) is 92.3 cm³/mol. The lowest BCUT2D eigenvalue weighted by atomic mass is 10.3. The number of carbonyl (C=O) groups is 1. The highest BCUT2D eigenvalue weighted by Gasteiger charge is 2.12. The molecule has 1 aliphatic rings. The fourth-order valence-corrected chi connectivity index (χ4v) is 3.06. The topological polar surface area (TPSA) is 66.5 Å². The number of nitrogens with zero attached hydrogens (tertiary/aromatic N) is 2. The van der Waals surface area contributed by atoms with Crippen LogP contribution in [-0.4, -0.2) is 55.2 Å². The van der Waals surface area contributed by atoms with Gasteiger partial charge in [0, 0.05) is 31.9 Å². The third kappa shape index (κ3) is 4.75. The lowest BCUT2D eigenvalue weighted by molar-refractivity contribution is 0.0398. The minimum atomic E-state index is -0.130. The molecule has 1 fully saturated rings. The van der Waals surface area contributed by atoms with Gasteiger partial charge in [0.15, 0.2) is 5.13 Å². The standard InChI is InChI=1S/C16H20N4O2S/c21-15(19-13-4-2-1-3-5-13)14-12-18-16(23-14)17-6-7-20-8-10-22-11-9-20/h1-5,12H,6-11H2,(H,17,18)(H,19,21). The fourth-order valence-electron chi connectivity index (χ4n) is 2.32. The van der Waals surface area contributed by atoms with E-state index in [1.165, 1.54) is 11.3 Å². The number of ether oxygens (including phenoxy) is 1. The SMILES string of the molecule is O=C(Nc1ccccc1)c1cnc(NCCN2CCOCC2)s1. The van der Waals surface area contributed by atoms with Gasteiger partial charge in [-0.3, -0.25) is 9.69 Å². The Morgan fingerprint density at radius 1 is 1.26 bits per heavy atom. The monoisotopic (exact) mass is 332 g/mol. The molecule has 0 atom stereocenters. The molecule has 1 amide bonds. The minimum absolute atomic E-state index is 0.130. The van der Waals surface area contributed by atoms with Crippen LogP contribution in [0, 0.1) is 0 Å². The van der Waals surface area contributed by atoms with Gasteiger partial charge in [-0.15, -0.1) is 0 Å². The Kier molecular flexibility index (Phi) is 5.57. The van der Waals surface area contributed by atoms with Crippen molar-refractivity contribution >= 4 is 28.1 Å². The van der Waals surface area contributed by atoms with Crippen LogP contribution in [0.15, 0.2) is 36.5 Å². The van der Waals surface area contributed by atoms with E-state index >= 15 is 0 Å². The summed E-state index contributed by atoms with van der Waals surface area (Å²) < 4.78 is 5.33. The van der Waals surface area contributed by atoms with Crippen LogP contribution in [-0.2, 0) is 4.74 Å². The van der Waals surface area contributed by atoms with Gasteiger partial charge >= 0.3 is 0 Å². The summed E-state index contributed by atoms with van der Waals surface area (Å²) >= 11 is 1.37. The Labute approximate surface area is 139 Å². The molecule has 23 heavy (non-hydrogen) atoms. The van der Waals surface area contributed by atoms with Crippen LogP contribution in [0.3, 0.4) is 0 Å². The number of hydrogen-bond acceptors (Lipinski definition) is 6. The Morgan fingerprint density at radius 2 is 2.04 bits per heavy atom. The molecule has 3 rings (SSSR count). The molecule has 2 aromatic rings.